The number of carbonyl (C=O) groups excluding carboxylic acids is 1. The Balaban J connectivity index is 0.891. The Labute approximate surface area is 306 Å². The summed E-state index contributed by atoms with van der Waals surface area (Å²) in [6.07, 6.45) is 7.26. The molecule has 14 heteroatoms. The molecule has 52 heavy (non-hydrogen) atoms. The SMILES string of the molecule is CN(CCCn1nnc2cc(CNC[C@H](O)c3ccc(O)c4c3OCC(=O)N4)ccc21)C1CCC(C2([C@](O)(C(=O)O)c3cccs3)CCCC2)CC1. The number of amides is 1. The summed E-state index contributed by atoms with van der Waals surface area (Å²) in [5.74, 6) is -1.13. The van der Waals surface area contributed by atoms with Gasteiger partial charge in [-0.3, -0.25) is 4.79 Å². The molecule has 2 saturated carbocycles. The summed E-state index contributed by atoms with van der Waals surface area (Å²) < 4.78 is 7.44. The number of aliphatic hydroxyl groups excluding tert-OH is 1. The highest BCUT2D eigenvalue weighted by atomic mass is 32.1. The summed E-state index contributed by atoms with van der Waals surface area (Å²) in [6, 6.07) is 13.1. The monoisotopic (exact) mass is 732 g/mol. The summed E-state index contributed by atoms with van der Waals surface area (Å²) >= 11 is 1.35. The second-order valence-electron chi connectivity index (χ2n) is 14.7. The third kappa shape index (κ3) is 6.78. The van der Waals surface area contributed by atoms with E-state index < -0.39 is 23.1 Å². The summed E-state index contributed by atoms with van der Waals surface area (Å²) in [6.45, 7) is 2.19. The lowest BCUT2D eigenvalue weighted by Gasteiger charge is -2.50. The number of fused-ring (bicyclic) bond motifs is 2. The van der Waals surface area contributed by atoms with Gasteiger partial charge in [0.15, 0.2) is 12.4 Å². The number of hydrogen-bond acceptors (Lipinski definition) is 11. The molecular weight excluding hydrogens is 685 g/mol. The molecular formula is C38H48N6O7S. The van der Waals surface area contributed by atoms with Crippen LogP contribution in [0.25, 0.3) is 11.0 Å². The largest absolute Gasteiger partial charge is 0.506 e. The molecule has 0 saturated heterocycles. The Morgan fingerprint density at radius 2 is 1.98 bits per heavy atom. The first-order valence-electron chi connectivity index (χ1n) is 18.3. The number of thiophene rings is 1. The lowest BCUT2D eigenvalue weighted by atomic mass is 9.58. The molecule has 3 heterocycles. The zero-order valence-electron chi connectivity index (χ0n) is 29.5. The van der Waals surface area contributed by atoms with Gasteiger partial charge in [-0.1, -0.05) is 30.2 Å². The second-order valence-corrected chi connectivity index (χ2v) is 15.6. The summed E-state index contributed by atoms with van der Waals surface area (Å²) in [7, 11) is 2.17. The van der Waals surface area contributed by atoms with Crippen LogP contribution in [-0.2, 0) is 28.3 Å². The van der Waals surface area contributed by atoms with E-state index in [-0.39, 0.29) is 42.2 Å². The fraction of sp³-hybridized carbons (Fsp3) is 0.526. The molecule has 2 aromatic heterocycles. The van der Waals surface area contributed by atoms with E-state index in [4.69, 9.17) is 4.74 Å². The van der Waals surface area contributed by atoms with Gasteiger partial charge in [0.05, 0.1) is 11.6 Å². The molecule has 4 aromatic rings. The van der Waals surface area contributed by atoms with Crippen molar-refractivity contribution < 1.29 is 34.8 Å². The van der Waals surface area contributed by atoms with Crippen molar-refractivity contribution >= 4 is 39.9 Å². The van der Waals surface area contributed by atoms with E-state index in [1.165, 1.54) is 17.4 Å². The van der Waals surface area contributed by atoms with Crippen molar-refractivity contribution in [1.29, 1.82) is 0 Å². The van der Waals surface area contributed by atoms with Gasteiger partial charge < -0.3 is 40.7 Å². The lowest BCUT2D eigenvalue weighted by Crippen LogP contribution is -2.55. The molecule has 0 bridgehead atoms. The molecule has 7 rings (SSSR count). The molecule has 2 aliphatic carbocycles. The first-order chi connectivity index (χ1) is 25.1. The van der Waals surface area contributed by atoms with E-state index in [9.17, 15) is 30.0 Å². The molecule has 2 aromatic carbocycles. The maximum absolute atomic E-state index is 12.7. The predicted octanol–water partition coefficient (Wildman–Crippen LogP) is 4.77. The number of rotatable bonds is 14. The number of hydrogen-bond donors (Lipinski definition) is 6. The second kappa shape index (κ2) is 15.1. The maximum Gasteiger partial charge on any atom is 0.341 e. The summed E-state index contributed by atoms with van der Waals surface area (Å²) in [4.78, 5) is 27.4. The average molecular weight is 733 g/mol. The van der Waals surface area contributed by atoms with Crippen molar-refractivity contribution in [2.24, 2.45) is 11.3 Å². The molecule has 2 atom stereocenters. The van der Waals surface area contributed by atoms with Crippen molar-refractivity contribution in [3.05, 3.63) is 63.8 Å². The van der Waals surface area contributed by atoms with Crippen molar-refractivity contribution in [1.82, 2.24) is 25.2 Å². The number of phenolic OH excluding ortho intramolecular Hbond substituents is 1. The number of carbonyl (C=O) groups is 2. The van der Waals surface area contributed by atoms with E-state index >= 15 is 0 Å². The third-order valence-electron chi connectivity index (χ3n) is 11.8. The van der Waals surface area contributed by atoms with Gasteiger partial charge in [0.1, 0.15) is 17.0 Å². The van der Waals surface area contributed by atoms with Crippen LogP contribution < -0.4 is 15.4 Å². The van der Waals surface area contributed by atoms with Crippen molar-refractivity contribution in [2.45, 2.75) is 88.6 Å². The van der Waals surface area contributed by atoms with Crippen molar-refractivity contribution in [3.63, 3.8) is 0 Å². The Kier molecular flexibility index (Phi) is 10.5. The minimum absolute atomic E-state index is 0.115. The highest BCUT2D eigenvalue weighted by Crippen LogP contribution is 2.60. The quantitative estimate of drug-likeness (QED) is 0.0984. The van der Waals surface area contributed by atoms with Crippen molar-refractivity contribution in [3.8, 4) is 11.5 Å². The van der Waals surface area contributed by atoms with E-state index in [0.717, 1.165) is 87.5 Å². The number of carboxylic acid groups (broad SMARTS) is 1. The van der Waals surface area contributed by atoms with E-state index in [0.29, 0.717) is 23.0 Å². The molecule has 1 amide bonds. The lowest BCUT2D eigenvalue weighted by molar-refractivity contribution is -0.187. The fourth-order valence-electron chi connectivity index (χ4n) is 9.04. The number of benzene rings is 2. The Bertz CT molecular complexity index is 1890. The number of aromatic nitrogens is 3. The predicted molar refractivity (Wildman–Crippen MR) is 196 cm³/mol. The highest BCUT2D eigenvalue weighted by molar-refractivity contribution is 7.10. The van der Waals surface area contributed by atoms with Gasteiger partial charge >= 0.3 is 5.97 Å². The van der Waals surface area contributed by atoms with E-state index in [2.05, 4.69) is 32.9 Å². The number of anilines is 1. The first kappa shape index (κ1) is 36.3. The number of aryl methyl sites for hydroxylation is 1. The first-order valence-corrected chi connectivity index (χ1v) is 19.2. The van der Waals surface area contributed by atoms with Crippen molar-refractivity contribution in [2.75, 3.05) is 32.1 Å². The Morgan fingerprint density at radius 3 is 2.71 bits per heavy atom. The van der Waals surface area contributed by atoms with Gasteiger partial charge in [0.25, 0.3) is 5.91 Å². The number of nitrogens with one attached hydrogen (secondary N) is 2. The number of ether oxygens (including phenoxy) is 1. The zero-order valence-corrected chi connectivity index (χ0v) is 30.3. The highest BCUT2D eigenvalue weighted by Gasteiger charge is 2.62. The Morgan fingerprint density at radius 1 is 1.19 bits per heavy atom. The summed E-state index contributed by atoms with van der Waals surface area (Å²) in [5, 5.41) is 59.8. The number of aliphatic hydroxyl groups is 2. The molecule has 0 spiro atoms. The molecule has 278 valence electrons. The summed E-state index contributed by atoms with van der Waals surface area (Å²) in [5.41, 5.74) is 0.944. The van der Waals surface area contributed by atoms with Gasteiger partial charge in [-0.05, 0) is 106 Å². The fourth-order valence-corrected chi connectivity index (χ4v) is 9.96. The molecule has 13 nitrogen and oxygen atoms in total. The Hall–Kier alpha value is -4.08. The van der Waals surface area contributed by atoms with Gasteiger partial charge in [-0.15, -0.1) is 16.4 Å². The normalized spacial score (nSPS) is 21.7. The van der Waals surface area contributed by atoms with Crippen LogP contribution in [0.3, 0.4) is 0 Å². The van der Waals surface area contributed by atoms with Crippen LogP contribution in [0.15, 0.2) is 47.8 Å². The number of aromatic hydroxyl groups is 1. The molecule has 1 aliphatic heterocycles. The van der Waals surface area contributed by atoms with Crippen LogP contribution >= 0.6 is 11.3 Å². The smallest absolute Gasteiger partial charge is 0.341 e. The number of aliphatic carboxylic acids is 1. The van der Waals surface area contributed by atoms with E-state index in [1.54, 1.807) is 12.1 Å². The van der Waals surface area contributed by atoms with Crippen LogP contribution in [0.4, 0.5) is 5.69 Å². The molecule has 6 N–H and O–H groups in total. The standard InChI is InChI=1S/C38H48N6O7S/c1-43(26-10-8-25(9-11-26)37(15-2-3-16-37)38(50,36(48)49)32-6-4-19-52-32)17-5-18-44-29-13-7-24(20-28(29)41-42-44)21-39-22-31(46)27-12-14-30(45)34-35(27)51-23-33(47)40-34/h4,6-7,12-14,19-20,25-26,31,39,45-46,50H,2-3,5,8-11,15-18,21-23H2,1H3,(H,40,47)(H,48,49)/t25?,26?,31-,38+/m0/s1. The van der Waals surface area contributed by atoms with Gasteiger partial charge in [-0.2, -0.15) is 0 Å². The van der Waals surface area contributed by atoms with E-state index in [1.807, 2.05) is 34.3 Å². The maximum atomic E-state index is 12.7. The average Bonchev–Trinajstić information content (AvgIpc) is 3.94. The topological polar surface area (TPSA) is 182 Å². The number of nitrogens with zero attached hydrogens (tertiary/aromatic N) is 4. The number of carboxylic acids is 1. The van der Waals surface area contributed by atoms with Gasteiger partial charge in [0, 0.05) is 41.5 Å². The molecule has 3 aliphatic rings. The zero-order chi connectivity index (χ0) is 36.5. The van der Waals surface area contributed by atoms with Crippen LogP contribution in [0.5, 0.6) is 11.5 Å². The molecule has 2 fully saturated rings. The van der Waals surface area contributed by atoms with Crippen LogP contribution in [0, 0.1) is 11.3 Å². The van der Waals surface area contributed by atoms with Crippen LogP contribution in [0.2, 0.25) is 0 Å². The minimum atomic E-state index is -1.84. The molecule has 0 unspecified atom stereocenters. The van der Waals surface area contributed by atoms with Gasteiger partial charge in [-0.25, -0.2) is 9.48 Å². The van der Waals surface area contributed by atoms with Crippen LogP contribution in [-0.4, -0.2) is 85.0 Å². The van der Waals surface area contributed by atoms with Crippen LogP contribution in [0.1, 0.15) is 79.9 Å². The minimum Gasteiger partial charge on any atom is -0.506 e. The number of phenols is 1. The third-order valence-corrected chi connectivity index (χ3v) is 12.7. The molecule has 0 radical (unpaired) electrons. The van der Waals surface area contributed by atoms with Gasteiger partial charge in [0.2, 0.25) is 5.60 Å².